The van der Waals surface area contributed by atoms with Crippen LogP contribution in [0.15, 0.2) is 29.3 Å². The summed E-state index contributed by atoms with van der Waals surface area (Å²) in [6.07, 6.45) is 0.319. The third kappa shape index (κ3) is 6.09. The number of halogens is 1. The van der Waals surface area contributed by atoms with Gasteiger partial charge in [-0.25, -0.2) is 0 Å². The van der Waals surface area contributed by atoms with E-state index in [1.807, 2.05) is 24.3 Å². The average molecular weight is 386 g/mol. The Balaban J connectivity index is 1.92. The highest BCUT2D eigenvalue weighted by molar-refractivity contribution is 7.16. The van der Waals surface area contributed by atoms with E-state index in [-0.39, 0.29) is 6.04 Å². The van der Waals surface area contributed by atoms with Crippen LogP contribution in [0, 0.1) is 6.92 Å². The minimum atomic E-state index is -0.631. The third-order valence-electron chi connectivity index (χ3n) is 3.38. The fraction of sp³-hybridized carbons (Fsp3) is 0.471. The average Bonchev–Trinajstić information content (AvgIpc) is 3.13. The van der Waals surface area contributed by atoms with E-state index < -0.39 is 6.10 Å². The van der Waals surface area contributed by atoms with Crippen LogP contribution in [-0.2, 0) is 6.42 Å². The molecule has 2 unspecified atom stereocenters. The van der Waals surface area contributed by atoms with Crippen LogP contribution in [0.1, 0.15) is 34.6 Å². The van der Waals surface area contributed by atoms with E-state index in [1.165, 1.54) is 21.1 Å². The van der Waals surface area contributed by atoms with Crippen LogP contribution in [-0.4, -0.2) is 30.2 Å². The normalized spacial score (nSPS) is 14.5. The van der Waals surface area contributed by atoms with E-state index in [0.717, 1.165) is 23.8 Å². The highest BCUT2D eigenvalue weighted by Gasteiger charge is 2.12. The van der Waals surface area contributed by atoms with Crippen LogP contribution in [0.4, 0.5) is 0 Å². The summed E-state index contributed by atoms with van der Waals surface area (Å²) in [5, 5.41) is 16.8. The maximum Gasteiger partial charge on any atom is 0.191 e. The topological polar surface area (TPSA) is 56.7 Å². The molecule has 0 spiro atoms. The van der Waals surface area contributed by atoms with Gasteiger partial charge in [-0.2, -0.15) is 0 Å². The molecular weight excluding hydrogens is 362 g/mol. The van der Waals surface area contributed by atoms with Gasteiger partial charge in [-0.3, -0.25) is 4.99 Å². The molecule has 2 heterocycles. The summed E-state index contributed by atoms with van der Waals surface area (Å²) in [5.41, 5.74) is 0. The Morgan fingerprint density at radius 3 is 2.67 bits per heavy atom. The van der Waals surface area contributed by atoms with Gasteiger partial charge >= 0.3 is 0 Å². The molecule has 0 aliphatic carbocycles. The molecule has 2 rings (SSSR count). The summed E-state index contributed by atoms with van der Waals surface area (Å²) >= 11 is 9.12. The fourth-order valence-electron chi connectivity index (χ4n) is 2.28. The molecule has 4 nitrogen and oxygen atoms in total. The van der Waals surface area contributed by atoms with Gasteiger partial charge in [0.25, 0.3) is 0 Å². The predicted molar refractivity (Wildman–Crippen MR) is 106 cm³/mol. The van der Waals surface area contributed by atoms with Crippen LogP contribution in [0.2, 0.25) is 4.34 Å². The lowest BCUT2D eigenvalue weighted by Gasteiger charge is -2.18. The summed E-state index contributed by atoms with van der Waals surface area (Å²) in [4.78, 5) is 8.02. The lowest BCUT2D eigenvalue weighted by atomic mass is 10.2. The Morgan fingerprint density at radius 1 is 1.29 bits per heavy atom. The van der Waals surface area contributed by atoms with E-state index in [0.29, 0.717) is 10.9 Å². The highest BCUT2D eigenvalue weighted by Crippen LogP contribution is 2.26. The number of thiophene rings is 2. The Kier molecular flexibility index (Phi) is 7.55. The van der Waals surface area contributed by atoms with Gasteiger partial charge in [0.1, 0.15) is 6.10 Å². The molecule has 0 aromatic carbocycles. The van der Waals surface area contributed by atoms with Crippen LogP contribution in [0.5, 0.6) is 0 Å². The fourth-order valence-corrected chi connectivity index (χ4v) is 4.33. The van der Waals surface area contributed by atoms with Crippen LogP contribution in [0.25, 0.3) is 0 Å². The van der Waals surface area contributed by atoms with E-state index in [9.17, 15) is 5.11 Å². The largest absolute Gasteiger partial charge is 0.386 e. The van der Waals surface area contributed by atoms with Crippen molar-refractivity contribution in [3.05, 3.63) is 43.2 Å². The van der Waals surface area contributed by atoms with Gasteiger partial charge in [-0.15, -0.1) is 22.7 Å². The second-order valence-electron chi connectivity index (χ2n) is 5.64. The van der Waals surface area contributed by atoms with Crippen molar-refractivity contribution in [1.82, 2.24) is 10.6 Å². The number of rotatable bonds is 7. The first-order valence-electron chi connectivity index (χ1n) is 8.01. The van der Waals surface area contributed by atoms with Crippen LogP contribution in [0.3, 0.4) is 0 Å². The molecule has 0 amide bonds. The van der Waals surface area contributed by atoms with Crippen molar-refractivity contribution < 1.29 is 5.11 Å². The number of hydrogen-bond donors (Lipinski definition) is 3. The zero-order chi connectivity index (χ0) is 17.5. The Labute approximate surface area is 156 Å². The standard InChI is InChI=1S/C17H24ClN3OS2/c1-4-19-17(20-10-14(22)15-7-8-16(18)24-15)21-11(2)9-13-6-5-12(3)23-13/h5-8,11,14,22H,4,9-10H2,1-3H3,(H2,19,20,21). The van der Waals surface area contributed by atoms with E-state index in [1.54, 1.807) is 6.07 Å². The number of guanidine groups is 1. The number of aliphatic imine (C=N–C) groups is 1. The first-order chi connectivity index (χ1) is 11.5. The van der Waals surface area contributed by atoms with Crippen molar-refractivity contribution in [1.29, 1.82) is 0 Å². The maximum absolute atomic E-state index is 10.2. The van der Waals surface area contributed by atoms with Gasteiger partial charge < -0.3 is 15.7 Å². The molecule has 24 heavy (non-hydrogen) atoms. The minimum absolute atomic E-state index is 0.258. The second-order valence-corrected chi connectivity index (χ2v) is 8.76. The van der Waals surface area contributed by atoms with Crippen molar-refractivity contribution in [3.63, 3.8) is 0 Å². The smallest absolute Gasteiger partial charge is 0.191 e. The van der Waals surface area contributed by atoms with E-state index >= 15 is 0 Å². The summed E-state index contributed by atoms with van der Waals surface area (Å²) in [7, 11) is 0. The summed E-state index contributed by atoms with van der Waals surface area (Å²) < 4.78 is 0.679. The molecule has 3 N–H and O–H groups in total. The van der Waals surface area contributed by atoms with Gasteiger partial charge in [-0.05, 0) is 45.0 Å². The van der Waals surface area contributed by atoms with Crippen molar-refractivity contribution in [2.45, 2.75) is 39.3 Å². The molecule has 0 fully saturated rings. The van der Waals surface area contributed by atoms with E-state index in [2.05, 4.69) is 41.6 Å². The zero-order valence-corrected chi connectivity index (χ0v) is 16.6. The third-order valence-corrected chi connectivity index (χ3v) is 5.73. The van der Waals surface area contributed by atoms with Crippen molar-refractivity contribution in [2.24, 2.45) is 4.99 Å². The molecule has 2 aromatic heterocycles. The summed E-state index contributed by atoms with van der Waals surface area (Å²) in [5.74, 6) is 0.722. The Morgan fingerprint density at radius 2 is 2.08 bits per heavy atom. The Bertz CT molecular complexity index is 668. The molecular formula is C17H24ClN3OS2. The second kappa shape index (κ2) is 9.42. The van der Waals surface area contributed by atoms with Crippen LogP contribution >= 0.6 is 34.3 Å². The Hall–Kier alpha value is -1.08. The van der Waals surface area contributed by atoms with Gasteiger partial charge in [0.15, 0.2) is 5.96 Å². The van der Waals surface area contributed by atoms with Crippen molar-refractivity contribution in [3.8, 4) is 0 Å². The van der Waals surface area contributed by atoms with Crippen molar-refractivity contribution >= 4 is 40.2 Å². The number of aliphatic hydroxyl groups excluding tert-OH is 1. The van der Waals surface area contributed by atoms with Gasteiger partial charge in [0.05, 0.1) is 10.9 Å². The molecule has 0 saturated heterocycles. The lowest BCUT2D eigenvalue weighted by molar-refractivity contribution is 0.191. The van der Waals surface area contributed by atoms with Crippen LogP contribution < -0.4 is 10.6 Å². The molecule has 0 saturated carbocycles. The monoisotopic (exact) mass is 385 g/mol. The number of hydrogen-bond acceptors (Lipinski definition) is 4. The zero-order valence-electron chi connectivity index (χ0n) is 14.2. The maximum atomic E-state index is 10.2. The molecule has 2 aromatic rings. The van der Waals surface area contributed by atoms with Gasteiger partial charge in [0, 0.05) is 33.6 Å². The lowest BCUT2D eigenvalue weighted by Crippen LogP contribution is -2.43. The highest BCUT2D eigenvalue weighted by atomic mass is 35.5. The first-order valence-corrected chi connectivity index (χ1v) is 10.0. The summed E-state index contributed by atoms with van der Waals surface area (Å²) in [6.45, 7) is 7.36. The SMILES string of the molecule is CCNC(=NCC(O)c1ccc(Cl)s1)NC(C)Cc1ccc(C)s1. The number of aryl methyl sites for hydroxylation is 1. The quantitative estimate of drug-likeness (QED) is 0.499. The van der Waals surface area contributed by atoms with Crippen molar-refractivity contribution in [2.75, 3.05) is 13.1 Å². The molecule has 0 aliphatic heterocycles. The van der Waals surface area contributed by atoms with Gasteiger partial charge in [-0.1, -0.05) is 11.6 Å². The molecule has 132 valence electrons. The molecule has 7 heteroatoms. The molecule has 2 atom stereocenters. The summed E-state index contributed by atoms with van der Waals surface area (Å²) in [6, 6.07) is 8.22. The molecule has 0 bridgehead atoms. The number of nitrogens with zero attached hydrogens (tertiary/aromatic N) is 1. The molecule has 0 aliphatic rings. The van der Waals surface area contributed by atoms with Gasteiger partial charge in [0.2, 0.25) is 0 Å². The predicted octanol–water partition coefficient (Wildman–Crippen LogP) is 3.99. The first kappa shape index (κ1) is 19.2. The number of aliphatic hydroxyl groups is 1. The minimum Gasteiger partial charge on any atom is -0.386 e. The number of nitrogens with one attached hydrogen (secondary N) is 2. The molecule has 0 radical (unpaired) electrons. The van der Waals surface area contributed by atoms with E-state index in [4.69, 9.17) is 11.6 Å².